The fraction of sp³-hybridized carbons (Fsp3) is 0.308. The van der Waals surface area contributed by atoms with Gasteiger partial charge in [0.2, 0.25) is 0 Å². The minimum atomic E-state index is 0.322. The van der Waals surface area contributed by atoms with Crippen molar-refractivity contribution in [2.24, 2.45) is 0 Å². The number of nitrogens with two attached hydrogens (primary N) is 1. The average molecular weight is 254 g/mol. The van der Waals surface area contributed by atoms with E-state index in [1.54, 1.807) is 12.3 Å². The Balaban J connectivity index is 1.99. The quantitative estimate of drug-likeness (QED) is 0.869. The van der Waals surface area contributed by atoms with E-state index in [0.29, 0.717) is 29.1 Å². The van der Waals surface area contributed by atoms with Gasteiger partial charge in [0.15, 0.2) is 11.6 Å². The Labute approximate surface area is 110 Å². The van der Waals surface area contributed by atoms with E-state index in [0.717, 1.165) is 12.8 Å². The first-order chi connectivity index (χ1) is 9.29. The number of nitrogens with one attached hydrogen (secondary N) is 1. The molecule has 3 rings (SSSR count). The number of nitrogens with zero attached hydrogens (tertiary/aromatic N) is 4. The van der Waals surface area contributed by atoms with Crippen molar-refractivity contribution in [3.8, 4) is 11.9 Å². The predicted molar refractivity (Wildman–Crippen MR) is 71.7 cm³/mol. The topological polar surface area (TPSA) is 92.5 Å². The second-order valence-corrected chi connectivity index (χ2v) is 4.59. The van der Waals surface area contributed by atoms with Gasteiger partial charge in [-0.05, 0) is 31.4 Å². The molecule has 96 valence electrons. The maximum Gasteiger partial charge on any atom is 0.169 e. The van der Waals surface area contributed by atoms with Crippen LogP contribution >= 0.6 is 0 Å². The molecule has 1 saturated carbocycles. The first-order valence-electron chi connectivity index (χ1n) is 6.26. The number of rotatable bonds is 3. The molecule has 19 heavy (non-hydrogen) atoms. The molecule has 3 N–H and O–H groups in total. The number of anilines is 2. The summed E-state index contributed by atoms with van der Waals surface area (Å²) in [5, 5.41) is 16.9. The van der Waals surface area contributed by atoms with Crippen molar-refractivity contribution >= 4 is 11.6 Å². The lowest BCUT2D eigenvalue weighted by Gasteiger charge is -2.26. The highest BCUT2D eigenvalue weighted by atomic mass is 15.4. The van der Waals surface area contributed by atoms with Crippen LogP contribution in [-0.4, -0.2) is 20.8 Å². The molecular weight excluding hydrogens is 240 g/mol. The van der Waals surface area contributed by atoms with Crippen LogP contribution < -0.4 is 11.1 Å². The molecule has 1 aliphatic carbocycles. The zero-order chi connectivity index (χ0) is 13.2. The molecule has 0 radical (unpaired) electrons. The van der Waals surface area contributed by atoms with Crippen LogP contribution in [-0.2, 0) is 0 Å². The van der Waals surface area contributed by atoms with Crippen LogP contribution in [0.2, 0.25) is 0 Å². The summed E-state index contributed by atoms with van der Waals surface area (Å²) >= 11 is 0. The van der Waals surface area contributed by atoms with Gasteiger partial charge in [0, 0.05) is 12.2 Å². The maximum atomic E-state index is 9.22. The van der Waals surface area contributed by atoms with E-state index in [9.17, 15) is 5.26 Å². The summed E-state index contributed by atoms with van der Waals surface area (Å²) in [5.74, 6) is 1.48. The van der Waals surface area contributed by atoms with Crippen molar-refractivity contribution in [1.29, 1.82) is 5.26 Å². The molecule has 0 bridgehead atoms. The second-order valence-electron chi connectivity index (χ2n) is 4.59. The first kappa shape index (κ1) is 11.5. The van der Waals surface area contributed by atoms with Gasteiger partial charge in [0.25, 0.3) is 0 Å². The van der Waals surface area contributed by atoms with Gasteiger partial charge in [-0.25, -0.2) is 4.98 Å². The molecule has 1 fully saturated rings. The zero-order valence-corrected chi connectivity index (χ0v) is 10.4. The van der Waals surface area contributed by atoms with Gasteiger partial charge in [0.05, 0.1) is 0 Å². The summed E-state index contributed by atoms with van der Waals surface area (Å²) in [6.07, 6.45) is 5.11. The number of pyridine rings is 1. The Bertz CT molecular complexity index is 621. The number of hydrogen-bond acceptors (Lipinski definition) is 5. The molecular formula is C13H14N6. The van der Waals surface area contributed by atoms with Gasteiger partial charge in [-0.2, -0.15) is 9.94 Å². The Hall–Kier alpha value is -2.55. The molecule has 0 unspecified atom stereocenters. The summed E-state index contributed by atoms with van der Waals surface area (Å²) < 4.78 is 1.50. The highest BCUT2D eigenvalue weighted by Gasteiger charge is 2.23. The number of nitriles is 1. The summed E-state index contributed by atoms with van der Waals surface area (Å²) in [6, 6.07) is 7.99. The highest BCUT2D eigenvalue weighted by Crippen LogP contribution is 2.28. The average Bonchev–Trinajstić information content (AvgIpc) is 2.71. The van der Waals surface area contributed by atoms with Crippen molar-refractivity contribution in [3.05, 3.63) is 30.0 Å². The van der Waals surface area contributed by atoms with Crippen molar-refractivity contribution in [2.75, 3.05) is 11.1 Å². The van der Waals surface area contributed by atoms with E-state index < -0.39 is 0 Å². The fourth-order valence-corrected chi connectivity index (χ4v) is 2.04. The lowest BCUT2D eigenvalue weighted by molar-refractivity contribution is 0.444. The summed E-state index contributed by atoms with van der Waals surface area (Å²) in [4.78, 5) is 4.20. The van der Waals surface area contributed by atoms with Gasteiger partial charge in [-0.1, -0.05) is 6.07 Å². The molecule has 6 heteroatoms. The van der Waals surface area contributed by atoms with Crippen LogP contribution in [0.15, 0.2) is 24.4 Å². The Morgan fingerprint density at radius 1 is 1.42 bits per heavy atom. The summed E-state index contributed by atoms with van der Waals surface area (Å²) in [6.45, 7) is 0. The molecule has 0 aliphatic heterocycles. The normalized spacial score (nSPS) is 14.7. The van der Waals surface area contributed by atoms with Gasteiger partial charge in [-0.3, -0.25) is 0 Å². The zero-order valence-electron chi connectivity index (χ0n) is 10.4. The second kappa shape index (κ2) is 4.61. The first-order valence-corrected chi connectivity index (χ1v) is 6.26. The number of aromatic nitrogens is 3. The van der Waals surface area contributed by atoms with Gasteiger partial charge in [-0.15, -0.1) is 5.10 Å². The van der Waals surface area contributed by atoms with Gasteiger partial charge >= 0.3 is 0 Å². The Morgan fingerprint density at radius 2 is 2.26 bits per heavy atom. The number of nitrogen functional groups attached to an aromatic ring is 1. The molecule has 2 aromatic rings. The molecule has 0 amide bonds. The van der Waals surface area contributed by atoms with E-state index >= 15 is 0 Å². The third-order valence-corrected chi connectivity index (χ3v) is 3.35. The van der Waals surface area contributed by atoms with Crippen LogP contribution in [0.5, 0.6) is 0 Å². The third kappa shape index (κ3) is 1.99. The third-order valence-electron chi connectivity index (χ3n) is 3.35. The molecule has 0 spiro atoms. The van der Waals surface area contributed by atoms with Crippen LogP contribution in [0.4, 0.5) is 11.6 Å². The monoisotopic (exact) mass is 254 g/mol. The fourth-order valence-electron chi connectivity index (χ4n) is 2.04. The lowest BCUT2D eigenvalue weighted by atomic mass is 9.93. The molecule has 2 aromatic heterocycles. The summed E-state index contributed by atoms with van der Waals surface area (Å²) in [5.41, 5.74) is 6.37. The summed E-state index contributed by atoms with van der Waals surface area (Å²) in [7, 11) is 0. The van der Waals surface area contributed by atoms with E-state index in [2.05, 4.69) is 21.5 Å². The largest absolute Gasteiger partial charge is 0.382 e. The molecule has 2 heterocycles. The van der Waals surface area contributed by atoms with E-state index in [4.69, 9.17) is 5.73 Å². The molecule has 1 aliphatic rings. The van der Waals surface area contributed by atoms with Crippen LogP contribution in [0.25, 0.3) is 5.82 Å². The SMILES string of the molecule is N#Cc1c(NC2CCC2)nn(-c2ccccn2)c1N. The van der Waals surface area contributed by atoms with Crippen LogP contribution in [0, 0.1) is 11.3 Å². The van der Waals surface area contributed by atoms with E-state index in [1.807, 2.05) is 12.1 Å². The van der Waals surface area contributed by atoms with E-state index in [-0.39, 0.29) is 0 Å². The van der Waals surface area contributed by atoms with Crippen molar-refractivity contribution in [3.63, 3.8) is 0 Å². The van der Waals surface area contributed by atoms with Crippen molar-refractivity contribution in [2.45, 2.75) is 25.3 Å². The van der Waals surface area contributed by atoms with Gasteiger partial charge in [0.1, 0.15) is 17.5 Å². The smallest absolute Gasteiger partial charge is 0.169 e. The minimum absolute atomic E-state index is 0.322. The minimum Gasteiger partial charge on any atom is -0.382 e. The van der Waals surface area contributed by atoms with Crippen molar-refractivity contribution < 1.29 is 0 Å². The molecule has 6 nitrogen and oxygen atoms in total. The maximum absolute atomic E-state index is 9.22. The van der Waals surface area contributed by atoms with Crippen LogP contribution in [0.3, 0.4) is 0 Å². The molecule has 0 aromatic carbocycles. The molecule has 0 atom stereocenters. The van der Waals surface area contributed by atoms with E-state index in [1.165, 1.54) is 11.1 Å². The Morgan fingerprint density at radius 3 is 2.84 bits per heavy atom. The van der Waals surface area contributed by atoms with Crippen molar-refractivity contribution in [1.82, 2.24) is 14.8 Å². The highest BCUT2D eigenvalue weighted by molar-refractivity contribution is 5.65. The lowest BCUT2D eigenvalue weighted by Crippen LogP contribution is -2.27. The standard InChI is InChI=1S/C13H14N6/c14-8-10-12(15)19(11-6-1-2-7-16-11)18-13(10)17-9-4-3-5-9/h1-2,6-7,9H,3-5,15H2,(H,17,18). The Kier molecular flexibility index (Phi) is 2.80. The van der Waals surface area contributed by atoms with Crippen LogP contribution in [0.1, 0.15) is 24.8 Å². The number of hydrogen-bond donors (Lipinski definition) is 2. The molecule has 0 saturated heterocycles. The van der Waals surface area contributed by atoms with Gasteiger partial charge < -0.3 is 11.1 Å². The predicted octanol–water partition coefficient (Wildman–Crippen LogP) is 1.69.